The van der Waals surface area contributed by atoms with Crippen LogP contribution in [0.15, 0.2) is 77.7 Å². The average Bonchev–Trinajstić information content (AvgIpc) is 2.87. The second-order valence-corrected chi connectivity index (χ2v) is 9.52. The van der Waals surface area contributed by atoms with E-state index < -0.39 is 10.0 Å². The number of rotatable bonds is 12. The van der Waals surface area contributed by atoms with Gasteiger partial charge in [0.25, 0.3) is 5.91 Å². The molecule has 0 radical (unpaired) electrons. The minimum atomic E-state index is -3.71. The fourth-order valence-corrected chi connectivity index (χ4v) is 4.64. The van der Waals surface area contributed by atoms with E-state index in [0.717, 1.165) is 11.1 Å². The number of methoxy groups -OCH3 is 2. The van der Waals surface area contributed by atoms with Crippen LogP contribution in [-0.2, 0) is 21.2 Å². The third-order valence-electron chi connectivity index (χ3n) is 5.32. The summed E-state index contributed by atoms with van der Waals surface area (Å²) in [5, 5.41) is 2.80. The number of carbonyl (C=O) groups excluding carboxylic acids is 1. The number of carbonyl (C=O) groups is 1. The molecule has 0 aliphatic heterocycles. The molecule has 0 spiro atoms. The first kappa shape index (κ1) is 26.1. The van der Waals surface area contributed by atoms with Crippen molar-refractivity contribution >= 4 is 15.9 Å². The second kappa shape index (κ2) is 12.2. The fraction of sp³-hybridized carbons (Fsp3) is 0.269. The van der Waals surface area contributed by atoms with Gasteiger partial charge in [0.2, 0.25) is 10.0 Å². The first-order valence-electron chi connectivity index (χ1n) is 11.1. The summed E-state index contributed by atoms with van der Waals surface area (Å²) in [6.07, 6.45) is 0.618. The summed E-state index contributed by atoms with van der Waals surface area (Å²) in [4.78, 5) is 12.2. The molecule has 3 aromatic rings. The molecule has 35 heavy (non-hydrogen) atoms. The van der Waals surface area contributed by atoms with E-state index in [1.165, 1.54) is 24.3 Å². The summed E-state index contributed by atoms with van der Waals surface area (Å²) in [5.74, 6) is 1.40. The minimum absolute atomic E-state index is 0.118. The molecule has 0 fully saturated rings. The highest BCUT2D eigenvalue weighted by Crippen LogP contribution is 2.27. The summed E-state index contributed by atoms with van der Waals surface area (Å²) >= 11 is 0. The average molecular weight is 499 g/mol. The van der Waals surface area contributed by atoms with Crippen molar-refractivity contribution in [1.29, 1.82) is 0 Å². The van der Waals surface area contributed by atoms with Crippen LogP contribution in [-0.4, -0.2) is 41.7 Å². The molecule has 0 saturated heterocycles. The highest BCUT2D eigenvalue weighted by molar-refractivity contribution is 7.89. The zero-order chi connectivity index (χ0) is 25.3. The van der Waals surface area contributed by atoms with Gasteiger partial charge < -0.3 is 19.5 Å². The maximum atomic E-state index is 12.7. The minimum Gasteiger partial charge on any atom is -0.493 e. The van der Waals surface area contributed by atoms with Crippen LogP contribution < -0.4 is 24.2 Å². The van der Waals surface area contributed by atoms with E-state index in [1.54, 1.807) is 21.1 Å². The molecule has 0 bridgehead atoms. The van der Waals surface area contributed by atoms with Crippen molar-refractivity contribution < 1.29 is 27.4 Å². The normalized spacial score (nSPS) is 12.0. The quantitative estimate of drug-likeness (QED) is 0.396. The van der Waals surface area contributed by atoms with Gasteiger partial charge in [0.05, 0.1) is 19.1 Å². The lowest BCUT2D eigenvalue weighted by Crippen LogP contribution is -2.30. The standard InChI is InChI=1S/C26H30N2O6S/c1-19(21-7-5-4-6-8-21)28-35(30,31)23-12-10-22(11-13-23)34-18-26(29)27-16-15-20-9-14-24(32-2)25(17-20)33-3/h4-14,17,19,28H,15-16,18H2,1-3H3,(H,27,29). The number of nitrogens with one attached hydrogen (secondary N) is 2. The number of sulfonamides is 1. The molecule has 1 unspecified atom stereocenters. The Balaban J connectivity index is 1.46. The van der Waals surface area contributed by atoms with E-state index >= 15 is 0 Å². The van der Waals surface area contributed by atoms with E-state index in [0.29, 0.717) is 30.2 Å². The maximum absolute atomic E-state index is 12.7. The van der Waals surface area contributed by atoms with Crippen LogP contribution in [0.25, 0.3) is 0 Å². The van der Waals surface area contributed by atoms with Gasteiger partial charge in [-0.15, -0.1) is 0 Å². The van der Waals surface area contributed by atoms with Crippen LogP contribution in [0.2, 0.25) is 0 Å². The molecule has 3 aromatic carbocycles. The van der Waals surface area contributed by atoms with Crippen molar-refractivity contribution in [2.45, 2.75) is 24.3 Å². The third kappa shape index (κ3) is 7.46. The molecule has 2 N–H and O–H groups in total. The highest BCUT2D eigenvalue weighted by Gasteiger charge is 2.18. The van der Waals surface area contributed by atoms with Gasteiger partial charge >= 0.3 is 0 Å². The molecule has 3 rings (SSSR count). The molecular formula is C26H30N2O6S. The van der Waals surface area contributed by atoms with Gasteiger partial charge in [-0.1, -0.05) is 36.4 Å². The summed E-state index contributed by atoms with van der Waals surface area (Å²) < 4.78 is 44.0. The Bertz CT molecular complexity index is 1210. The van der Waals surface area contributed by atoms with Crippen LogP contribution in [0.5, 0.6) is 17.2 Å². The van der Waals surface area contributed by atoms with Crippen molar-refractivity contribution in [1.82, 2.24) is 10.0 Å². The van der Waals surface area contributed by atoms with E-state index in [2.05, 4.69) is 10.0 Å². The molecule has 0 aliphatic rings. The molecule has 0 aliphatic carbocycles. The van der Waals surface area contributed by atoms with Crippen molar-refractivity contribution in [3.05, 3.63) is 83.9 Å². The summed E-state index contributed by atoms with van der Waals surface area (Å²) in [7, 11) is -0.554. The number of hydrogen-bond acceptors (Lipinski definition) is 6. The van der Waals surface area contributed by atoms with Crippen LogP contribution in [0.4, 0.5) is 0 Å². The molecule has 8 nitrogen and oxygen atoms in total. The van der Waals surface area contributed by atoms with E-state index in [4.69, 9.17) is 14.2 Å². The first-order chi connectivity index (χ1) is 16.8. The Hall–Kier alpha value is -3.56. The molecular weight excluding hydrogens is 468 g/mol. The van der Waals surface area contributed by atoms with Crippen molar-refractivity contribution in [2.75, 3.05) is 27.4 Å². The predicted octanol–water partition coefficient (Wildman–Crippen LogP) is 3.48. The number of ether oxygens (including phenoxy) is 3. The topological polar surface area (TPSA) is 103 Å². The Labute approximate surface area is 206 Å². The monoisotopic (exact) mass is 498 g/mol. The van der Waals surface area contributed by atoms with Crippen LogP contribution in [0.1, 0.15) is 24.1 Å². The zero-order valence-corrected chi connectivity index (χ0v) is 20.8. The molecule has 1 amide bonds. The Morgan fingerprint density at radius 3 is 2.26 bits per heavy atom. The van der Waals surface area contributed by atoms with Gasteiger partial charge in [-0.25, -0.2) is 13.1 Å². The van der Waals surface area contributed by atoms with Crippen molar-refractivity contribution in [2.24, 2.45) is 0 Å². The SMILES string of the molecule is COc1ccc(CCNC(=O)COc2ccc(S(=O)(=O)NC(C)c3ccccc3)cc2)cc1OC. The predicted molar refractivity (Wildman–Crippen MR) is 133 cm³/mol. The fourth-order valence-electron chi connectivity index (χ4n) is 3.41. The second-order valence-electron chi connectivity index (χ2n) is 7.80. The first-order valence-corrected chi connectivity index (χ1v) is 12.6. The van der Waals surface area contributed by atoms with Crippen molar-refractivity contribution in [3.63, 3.8) is 0 Å². The van der Waals surface area contributed by atoms with Gasteiger partial charge in [0.1, 0.15) is 5.75 Å². The lowest BCUT2D eigenvalue weighted by atomic mass is 10.1. The smallest absolute Gasteiger partial charge is 0.257 e. The Morgan fingerprint density at radius 2 is 1.60 bits per heavy atom. The van der Waals surface area contributed by atoms with E-state index in [-0.39, 0.29) is 23.5 Å². The summed E-state index contributed by atoms with van der Waals surface area (Å²) in [5.41, 5.74) is 1.86. The summed E-state index contributed by atoms with van der Waals surface area (Å²) in [6, 6.07) is 20.5. The van der Waals surface area contributed by atoms with Crippen LogP contribution >= 0.6 is 0 Å². The molecule has 186 valence electrons. The lowest BCUT2D eigenvalue weighted by Gasteiger charge is -2.15. The third-order valence-corrected chi connectivity index (χ3v) is 6.88. The van der Waals surface area contributed by atoms with Gasteiger partial charge in [-0.05, 0) is 60.9 Å². The molecule has 0 saturated carbocycles. The van der Waals surface area contributed by atoms with Gasteiger partial charge in [-0.3, -0.25) is 4.79 Å². The maximum Gasteiger partial charge on any atom is 0.257 e. The zero-order valence-electron chi connectivity index (χ0n) is 20.0. The number of benzene rings is 3. The molecule has 9 heteroatoms. The van der Waals surface area contributed by atoms with Gasteiger partial charge in [0.15, 0.2) is 18.1 Å². The van der Waals surface area contributed by atoms with Crippen LogP contribution in [0.3, 0.4) is 0 Å². The molecule has 1 atom stereocenters. The van der Waals surface area contributed by atoms with Crippen LogP contribution in [0, 0.1) is 0 Å². The molecule has 0 aromatic heterocycles. The largest absolute Gasteiger partial charge is 0.493 e. The number of hydrogen-bond donors (Lipinski definition) is 2. The van der Waals surface area contributed by atoms with Gasteiger partial charge in [0, 0.05) is 12.6 Å². The van der Waals surface area contributed by atoms with Gasteiger partial charge in [-0.2, -0.15) is 0 Å². The Morgan fingerprint density at radius 1 is 0.914 bits per heavy atom. The Kier molecular flexibility index (Phi) is 9.11. The van der Waals surface area contributed by atoms with Crippen molar-refractivity contribution in [3.8, 4) is 17.2 Å². The highest BCUT2D eigenvalue weighted by atomic mass is 32.2. The van der Waals surface area contributed by atoms with E-state index in [9.17, 15) is 13.2 Å². The lowest BCUT2D eigenvalue weighted by molar-refractivity contribution is -0.123. The number of amides is 1. The van der Waals surface area contributed by atoms with E-state index in [1.807, 2.05) is 48.5 Å². The summed E-state index contributed by atoms with van der Waals surface area (Å²) in [6.45, 7) is 2.04. The molecule has 0 heterocycles.